The minimum Gasteiger partial charge on any atom is -0.480 e. The lowest BCUT2D eigenvalue weighted by Gasteiger charge is -2.49. The van der Waals surface area contributed by atoms with E-state index in [-0.39, 0.29) is 54.2 Å². The summed E-state index contributed by atoms with van der Waals surface area (Å²) in [7, 11) is 3.85. The number of nitrogens with one attached hydrogen (secondary N) is 1. The Morgan fingerprint density at radius 3 is 2.41 bits per heavy atom. The zero-order valence-electron chi connectivity index (χ0n) is 24.7. The van der Waals surface area contributed by atoms with Gasteiger partial charge in [0.05, 0.1) is 17.7 Å². The number of imide groups is 1. The lowest BCUT2D eigenvalue weighted by Crippen LogP contribution is -2.70. The molecule has 1 fully saturated rings. The molecule has 4 heterocycles. The molecule has 1 aromatic heterocycles. The first kappa shape index (κ1) is 34.9. The summed E-state index contributed by atoms with van der Waals surface area (Å²) in [5.41, 5.74) is 0.656. The van der Waals surface area contributed by atoms with Gasteiger partial charge in [0.15, 0.2) is 0 Å². The Morgan fingerprint density at radius 2 is 1.80 bits per heavy atom. The molecule has 0 spiro atoms. The van der Waals surface area contributed by atoms with Gasteiger partial charge in [0.1, 0.15) is 23.2 Å². The number of thioether (sulfide) groups is 2. The van der Waals surface area contributed by atoms with Crippen LogP contribution in [0.2, 0.25) is 0 Å². The van der Waals surface area contributed by atoms with Gasteiger partial charge in [-0.2, -0.15) is 0 Å². The SMILES string of the molecule is CN(C)CCn1nnnc1SCC1=C(C(=O)O)N2C(=O)[C@@H](NC(=O)CCCC(C(=O)O)N3C(=O)c4ccccc4C3=O)[C@@H]2SC1.Cl. The van der Waals surface area contributed by atoms with Crippen LogP contribution in [-0.2, 0) is 25.7 Å². The van der Waals surface area contributed by atoms with Gasteiger partial charge in [-0.25, -0.2) is 14.3 Å². The second-order valence-electron chi connectivity index (χ2n) is 10.8. The molecule has 3 N–H and O–H groups in total. The molecule has 0 bridgehead atoms. The summed E-state index contributed by atoms with van der Waals surface area (Å²) >= 11 is 2.60. The van der Waals surface area contributed by atoms with Crippen molar-refractivity contribution in [3.8, 4) is 0 Å². The van der Waals surface area contributed by atoms with E-state index in [9.17, 15) is 39.0 Å². The zero-order chi connectivity index (χ0) is 32.4. The van der Waals surface area contributed by atoms with E-state index < -0.39 is 53.0 Å². The quantitative estimate of drug-likeness (QED) is 0.139. The third-order valence-electron chi connectivity index (χ3n) is 7.50. The number of aliphatic carboxylic acids is 2. The molecule has 19 heteroatoms. The van der Waals surface area contributed by atoms with Crippen molar-refractivity contribution in [2.24, 2.45) is 0 Å². The highest BCUT2D eigenvalue weighted by molar-refractivity contribution is 8.01. The number of carbonyl (C=O) groups excluding carboxylic acids is 4. The summed E-state index contributed by atoms with van der Waals surface area (Å²) in [6, 6.07) is 3.66. The Bertz CT molecular complexity index is 1570. The lowest BCUT2D eigenvalue weighted by molar-refractivity contribution is -0.150. The number of tetrazole rings is 1. The van der Waals surface area contributed by atoms with Crippen LogP contribution in [0.1, 0.15) is 40.0 Å². The van der Waals surface area contributed by atoms with Crippen LogP contribution in [-0.4, -0.2) is 130 Å². The van der Waals surface area contributed by atoms with Gasteiger partial charge in [0.2, 0.25) is 11.1 Å². The smallest absolute Gasteiger partial charge is 0.352 e. The molecule has 1 aromatic carbocycles. The number of hydrogen-bond donors (Lipinski definition) is 3. The first-order chi connectivity index (χ1) is 21.5. The largest absolute Gasteiger partial charge is 0.480 e. The molecular formula is C27H31ClN8O8S2. The van der Waals surface area contributed by atoms with E-state index >= 15 is 0 Å². The van der Waals surface area contributed by atoms with Crippen molar-refractivity contribution < 1.29 is 39.0 Å². The second kappa shape index (κ2) is 14.6. The topological polar surface area (TPSA) is 208 Å². The Hall–Kier alpha value is -4.00. The van der Waals surface area contributed by atoms with Crippen LogP contribution in [0.4, 0.5) is 0 Å². The van der Waals surface area contributed by atoms with Crippen molar-refractivity contribution in [1.82, 2.24) is 40.2 Å². The number of carboxylic acid groups (broad SMARTS) is 2. The van der Waals surface area contributed by atoms with E-state index in [0.717, 1.165) is 0 Å². The molecule has 46 heavy (non-hydrogen) atoms. The maximum atomic E-state index is 13.0. The maximum absolute atomic E-state index is 13.0. The highest BCUT2D eigenvalue weighted by Gasteiger charge is 2.54. The van der Waals surface area contributed by atoms with Crippen LogP contribution in [0.15, 0.2) is 40.7 Å². The number of halogens is 1. The van der Waals surface area contributed by atoms with Crippen LogP contribution >= 0.6 is 35.9 Å². The Morgan fingerprint density at radius 1 is 1.13 bits per heavy atom. The summed E-state index contributed by atoms with van der Waals surface area (Å²) < 4.78 is 1.63. The summed E-state index contributed by atoms with van der Waals surface area (Å²) in [6.07, 6.45) is -0.309. The molecule has 246 valence electrons. The number of carbonyl (C=O) groups is 6. The van der Waals surface area contributed by atoms with Gasteiger partial charge in [0, 0.05) is 24.5 Å². The number of benzene rings is 1. The van der Waals surface area contributed by atoms with E-state index in [1.807, 2.05) is 19.0 Å². The van der Waals surface area contributed by atoms with Gasteiger partial charge >= 0.3 is 11.9 Å². The molecule has 5 rings (SSSR count). The fourth-order valence-electron chi connectivity index (χ4n) is 5.24. The van der Waals surface area contributed by atoms with Crippen molar-refractivity contribution >= 4 is 71.5 Å². The van der Waals surface area contributed by atoms with Gasteiger partial charge in [-0.15, -0.1) is 29.3 Å². The zero-order valence-corrected chi connectivity index (χ0v) is 27.1. The Labute approximate surface area is 277 Å². The molecule has 1 saturated heterocycles. The molecule has 0 saturated carbocycles. The number of aromatic nitrogens is 4. The number of nitrogens with zero attached hydrogens (tertiary/aromatic N) is 7. The standard InChI is InChI=1S/C27H30N8O8S2.ClH/c1-32(2)10-11-33-27(29-30-31-33)45-13-14-12-44-24-19(23(39)35(24)20(14)26(42)43)28-18(36)9-5-8-17(25(40)41)34-21(37)15-6-3-4-7-16(15)22(34)38;/h3-4,6-7,17,19,24H,5,8-13H2,1-2H3,(H,28,36)(H,40,41)(H,42,43);1H/t17?,19-,24+;/m1./s1. The average molecular weight is 695 g/mol. The summed E-state index contributed by atoms with van der Waals surface area (Å²) in [5.74, 6) is -4.57. The first-order valence-corrected chi connectivity index (χ1v) is 16.0. The molecule has 0 aliphatic carbocycles. The molecule has 1 unspecified atom stereocenters. The maximum Gasteiger partial charge on any atom is 0.352 e. The van der Waals surface area contributed by atoms with Gasteiger partial charge in [0.25, 0.3) is 17.7 Å². The number of amides is 4. The molecule has 4 amide bonds. The van der Waals surface area contributed by atoms with Crippen molar-refractivity contribution in [3.05, 3.63) is 46.7 Å². The molecule has 3 atom stereocenters. The molecule has 2 aromatic rings. The van der Waals surface area contributed by atoms with E-state index in [1.54, 1.807) is 16.8 Å². The first-order valence-electron chi connectivity index (χ1n) is 13.9. The number of carboxylic acids is 2. The Balaban J connectivity index is 0.00000480. The van der Waals surface area contributed by atoms with E-state index in [4.69, 9.17) is 0 Å². The normalized spacial score (nSPS) is 19.4. The monoisotopic (exact) mass is 694 g/mol. The minimum atomic E-state index is -1.46. The van der Waals surface area contributed by atoms with Crippen molar-refractivity contribution in [2.75, 3.05) is 32.1 Å². The summed E-state index contributed by atoms with van der Waals surface area (Å²) in [6.45, 7) is 1.26. The third-order valence-corrected chi connectivity index (χ3v) is 9.89. The average Bonchev–Trinajstić information content (AvgIpc) is 3.56. The number of likely N-dealkylation sites (N-methyl/N-ethyl adjacent to an activating group) is 1. The van der Waals surface area contributed by atoms with Gasteiger partial charge in [-0.1, -0.05) is 23.9 Å². The number of fused-ring (bicyclic) bond motifs is 2. The van der Waals surface area contributed by atoms with E-state index in [1.165, 1.54) is 40.6 Å². The van der Waals surface area contributed by atoms with Gasteiger partial charge in [-0.05, 0) is 55.1 Å². The van der Waals surface area contributed by atoms with E-state index in [0.29, 0.717) is 34.5 Å². The Kier molecular flexibility index (Phi) is 11.1. The summed E-state index contributed by atoms with van der Waals surface area (Å²) in [4.78, 5) is 79.3. The van der Waals surface area contributed by atoms with Gasteiger partial charge < -0.3 is 20.4 Å². The van der Waals surface area contributed by atoms with Crippen LogP contribution in [0.3, 0.4) is 0 Å². The van der Waals surface area contributed by atoms with E-state index in [2.05, 4.69) is 20.8 Å². The number of rotatable bonds is 14. The fraction of sp³-hybridized carbons (Fsp3) is 0.444. The third kappa shape index (κ3) is 6.89. The number of hydrogen-bond acceptors (Lipinski definition) is 12. The van der Waals surface area contributed by atoms with Crippen molar-refractivity contribution in [2.45, 2.75) is 48.4 Å². The van der Waals surface area contributed by atoms with Crippen molar-refractivity contribution in [3.63, 3.8) is 0 Å². The van der Waals surface area contributed by atoms with Crippen LogP contribution < -0.4 is 5.32 Å². The predicted octanol–water partition coefficient (Wildman–Crippen LogP) is 0.407. The number of β-lactam (4-membered cyclic amide) rings is 1. The molecule has 0 radical (unpaired) electrons. The van der Waals surface area contributed by atoms with Crippen LogP contribution in [0.25, 0.3) is 0 Å². The second-order valence-corrected chi connectivity index (χ2v) is 12.8. The van der Waals surface area contributed by atoms with Crippen LogP contribution in [0, 0.1) is 0 Å². The summed E-state index contributed by atoms with van der Waals surface area (Å²) in [5, 5.41) is 33.9. The molecular weight excluding hydrogens is 664 g/mol. The highest BCUT2D eigenvalue weighted by atomic mass is 35.5. The molecule has 3 aliphatic rings. The van der Waals surface area contributed by atoms with Gasteiger partial charge in [-0.3, -0.25) is 29.0 Å². The minimum absolute atomic E-state index is 0. The van der Waals surface area contributed by atoms with Crippen molar-refractivity contribution in [1.29, 1.82) is 0 Å². The lowest BCUT2D eigenvalue weighted by atomic mass is 10.0. The van der Waals surface area contributed by atoms with Crippen LogP contribution in [0.5, 0.6) is 0 Å². The molecule has 3 aliphatic heterocycles. The highest BCUT2D eigenvalue weighted by Crippen LogP contribution is 2.41. The fourth-order valence-corrected chi connectivity index (χ4v) is 7.62. The predicted molar refractivity (Wildman–Crippen MR) is 166 cm³/mol. The molecule has 16 nitrogen and oxygen atoms in total.